The Bertz CT molecular complexity index is 652. The first-order valence-electron chi connectivity index (χ1n) is 6.29. The van der Waals surface area contributed by atoms with Crippen LogP contribution in [0.4, 0.5) is 0 Å². The molecule has 0 radical (unpaired) electrons. The van der Waals surface area contributed by atoms with Gasteiger partial charge in [0.15, 0.2) is 17.2 Å². The van der Waals surface area contributed by atoms with Gasteiger partial charge in [0.1, 0.15) is 0 Å². The van der Waals surface area contributed by atoms with E-state index in [0.717, 1.165) is 11.1 Å². The summed E-state index contributed by atoms with van der Waals surface area (Å²) in [6.45, 7) is 2.44. The Hall–Kier alpha value is -2.57. The molecule has 0 saturated carbocycles. The lowest BCUT2D eigenvalue weighted by Crippen LogP contribution is -2.04. The molecule has 112 valence electrons. The lowest BCUT2D eigenvalue weighted by molar-refractivity contribution is 0.0594. The standard InChI is InChI=1S/C14H17N3O4/c1-9-5-12(19-2)13(20-3)6-10(9)7-17-8-11(15-16-17)14(18)21-4/h5-6,8H,7H2,1-4H3. The highest BCUT2D eigenvalue weighted by molar-refractivity contribution is 5.86. The van der Waals surface area contributed by atoms with Crippen LogP contribution in [0.3, 0.4) is 0 Å². The zero-order chi connectivity index (χ0) is 15.4. The van der Waals surface area contributed by atoms with Gasteiger partial charge in [-0.3, -0.25) is 0 Å². The molecule has 0 unspecified atom stereocenters. The molecule has 0 aliphatic heterocycles. The van der Waals surface area contributed by atoms with Gasteiger partial charge in [0.2, 0.25) is 0 Å². The van der Waals surface area contributed by atoms with Crippen LogP contribution in [-0.4, -0.2) is 42.3 Å². The van der Waals surface area contributed by atoms with Gasteiger partial charge in [-0.2, -0.15) is 0 Å². The number of hydrogen-bond donors (Lipinski definition) is 0. The summed E-state index contributed by atoms with van der Waals surface area (Å²) in [4.78, 5) is 11.4. The van der Waals surface area contributed by atoms with Crippen LogP contribution in [0.15, 0.2) is 18.3 Å². The largest absolute Gasteiger partial charge is 0.493 e. The average molecular weight is 291 g/mol. The summed E-state index contributed by atoms with van der Waals surface area (Å²) in [5, 5.41) is 7.69. The summed E-state index contributed by atoms with van der Waals surface area (Å²) < 4.78 is 16.7. The van der Waals surface area contributed by atoms with Crippen molar-refractivity contribution < 1.29 is 19.0 Å². The third kappa shape index (κ3) is 3.13. The van der Waals surface area contributed by atoms with Crippen molar-refractivity contribution in [2.24, 2.45) is 0 Å². The first-order chi connectivity index (χ1) is 10.1. The van der Waals surface area contributed by atoms with Gasteiger partial charge in [-0.05, 0) is 30.2 Å². The van der Waals surface area contributed by atoms with E-state index >= 15 is 0 Å². The van der Waals surface area contributed by atoms with Gasteiger partial charge in [-0.25, -0.2) is 9.48 Å². The number of nitrogens with zero attached hydrogens (tertiary/aromatic N) is 3. The van der Waals surface area contributed by atoms with Crippen molar-refractivity contribution in [2.45, 2.75) is 13.5 Å². The maximum atomic E-state index is 11.4. The molecule has 7 nitrogen and oxygen atoms in total. The van der Waals surface area contributed by atoms with Crippen LogP contribution >= 0.6 is 0 Å². The second kappa shape index (κ2) is 6.25. The first-order valence-corrected chi connectivity index (χ1v) is 6.29. The van der Waals surface area contributed by atoms with Crippen molar-refractivity contribution in [3.63, 3.8) is 0 Å². The van der Waals surface area contributed by atoms with E-state index in [1.165, 1.54) is 7.11 Å². The third-order valence-corrected chi connectivity index (χ3v) is 3.11. The van der Waals surface area contributed by atoms with E-state index in [4.69, 9.17) is 9.47 Å². The molecule has 1 aromatic carbocycles. The number of benzene rings is 1. The Morgan fingerprint density at radius 3 is 2.48 bits per heavy atom. The van der Waals surface area contributed by atoms with E-state index in [9.17, 15) is 4.79 Å². The minimum absolute atomic E-state index is 0.177. The van der Waals surface area contributed by atoms with E-state index in [1.807, 2.05) is 19.1 Å². The van der Waals surface area contributed by atoms with Gasteiger partial charge in [-0.15, -0.1) is 5.10 Å². The van der Waals surface area contributed by atoms with Crippen LogP contribution in [0.2, 0.25) is 0 Å². The maximum Gasteiger partial charge on any atom is 0.360 e. The molecule has 7 heteroatoms. The highest BCUT2D eigenvalue weighted by atomic mass is 16.5. The molecule has 0 fully saturated rings. The fourth-order valence-corrected chi connectivity index (χ4v) is 1.94. The highest BCUT2D eigenvalue weighted by Crippen LogP contribution is 2.30. The number of carbonyl (C=O) groups is 1. The van der Waals surface area contributed by atoms with Crippen molar-refractivity contribution in [1.82, 2.24) is 15.0 Å². The van der Waals surface area contributed by atoms with Crippen LogP contribution in [0.25, 0.3) is 0 Å². The minimum Gasteiger partial charge on any atom is -0.493 e. The number of carbonyl (C=O) groups excluding carboxylic acids is 1. The molecular formula is C14H17N3O4. The topological polar surface area (TPSA) is 75.5 Å². The lowest BCUT2D eigenvalue weighted by Gasteiger charge is -2.12. The number of ether oxygens (including phenoxy) is 3. The summed E-state index contributed by atoms with van der Waals surface area (Å²) in [5.74, 6) is 0.810. The molecule has 2 aromatic rings. The van der Waals surface area contributed by atoms with Crippen LogP contribution in [-0.2, 0) is 11.3 Å². The average Bonchev–Trinajstić information content (AvgIpc) is 2.96. The molecule has 21 heavy (non-hydrogen) atoms. The summed E-state index contributed by atoms with van der Waals surface area (Å²) in [7, 11) is 4.48. The zero-order valence-corrected chi connectivity index (χ0v) is 12.4. The monoisotopic (exact) mass is 291 g/mol. The van der Waals surface area contributed by atoms with E-state index in [1.54, 1.807) is 25.1 Å². The summed E-state index contributed by atoms with van der Waals surface area (Å²) in [5.41, 5.74) is 2.20. The molecule has 0 saturated heterocycles. The molecule has 1 heterocycles. The number of methoxy groups -OCH3 is 3. The van der Waals surface area contributed by atoms with Crippen LogP contribution in [0, 0.1) is 6.92 Å². The maximum absolute atomic E-state index is 11.4. The van der Waals surface area contributed by atoms with Crippen molar-refractivity contribution >= 4 is 5.97 Å². The van der Waals surface area contributed by atoms with Gasteiger partial charge in [0.25, 0.3) is 0 Å². The first kappa shape index (κ1) is 14.8. The van der Waals surface area contributed by atoms with Crippen molar-refractivity contribution in [3.05, 3.63) is 35.2 Å². The Kier molecular flexibility index (Phi) is 4.42. The number of rotatable bonds is 5. The summed E-state index contributed by atoms with van der Waals surface area (Å²) in [6.07, 6.45) is 1.54. The van der Waals surface area contributed by atoms with E-state index in [2.05, 4.69) is 15.0 Å². The van der Waals surface area contributed by atoms with Crippen LogP contribution < -0.4 is 9.47 Å². The van der Waals surface area contributed by atoms with Gasteiger partial charge in [-0.1, -0.05) is 5.21 Å². The summed E-state index contributed by atoms with van der Waals surface area (Å²) >= 11 is 0. The number of aromatic nitrogens is 3. The summed E-state index contributed by atoms with van der Waals surface area (Å²) in [6, 6.07) is 3.78. The second-order valence-corrected chi connectivity index (χ2v) is 4.43. The SMILES string of the molecule is COC(=O)c1cn(Cc2cc(OC)c(OC)cc2C)nn1. The molecule has 0 bridgehead atoms. The Morgan fingerprint density at radius 1 is 1.19 bits per heavy atom. The van der Waals surface area contributed by atoms with Crippen LogP contribution in [0.5, 0.6) is 11.5 Å². The molecule has 2 rings (SSSR count). The highest BCUT2D eigenvalue weighted by Gasteiger charge is 2.13. The predicted molar refractivity (Wildman–Crippen MR) is 74.7 cm³/mol. The van der Waals surface area contributed by atoms with Gasteiger partial charge in [0.05, 0.1) is 34.1 Å². The fraction of sp³-hybridized carbons (Fsp3) is 0.357. The van der Waals surface area contributed by atoms with Gasteiger partial charge >= 0.3 is 5.97 Å². The third-order valence-electron chi connectivity index (χ3n) is 3.11. The molecule has 0 aliphatic carbocycles. The van der Waals surface area contributed by atoms with Crippen molar-refractivity contribution in [1.29, 1.82) is 0 Å². The molecule has 0 amide bonds. The van der Waals surface area contributed by atoms with E-state index in [0.29, 0.717) is 18.0 Å². The van der Waals surface area contributed by atoms with Crippen molar-refractivity contribution in [3.8, 4) is 11.5 Å². The molecular weight excluding hydrogens is 274 g/mol. The molecule has 0 atom stereocenters. The number of esters is 1. The second-order valence-electron chi connectivity index (χ2n) is 4.43. The Morgan fingerprint density at radius 2 is 1.86 bits per heavy atom. The lowest BCUT2D eigenvalue weighted by atomic mass is 10.1. The molecule has 0 spiro atoms. The Balaban J connectivity index is 2.27. The van der Waals surface area contributed by atoms with Crippen LogP contribution in [0.1, 0.15) is 21.6 Å². The van der Waals surface area contributed by atoms with E-state index in [-0.39, 0.29) is 5.69 Å². The van der Waals surface area contributed by atoms with E-state index < -0.39 is 5.97 Å². The normalized spacial score (nSPS) is 10.3. The minimum atomic E-state index is -0.509. The number of hydrogen-bond acceptors (Lipinski definition) is 6. The molecule has 0 aliphatic rings. The number of aryl methyl sites for hydroxylation is 1. The fourth-order valence-electron chi connectivity index (χ4n) is 1.94. The predicted octanol–water partition coefficient (Wildman–Crippen LogP) is 1.44. The van der Waals surface area contributed by atoms with Gasteiger partial charge < -0.3 is 14.2 Å². The zero-order valence-electron chi connectivity index (χ0n) is 12.4. The van der Waals surface area contributed by atoms with Crippen molar-refractivity contribution in [2.75, 3.05) is 21.3 Å². The smallest absolute Gasteiger partial charge is 0.360 e. The molecule has 0 N–H and O–H groups in total. The molecule has 1 aromatic heterocycles. The van der Waals surface area contributed by atoms with Gasteiger partial charge in [0, 0.05) is 0 Å². The Labute approximate surface area is 122 Å². The quantitative estimate of drug-likeness (QED) is 0.776.